The van der Waals surface area contributed by atoms with Gasteiger partial charge in [-0.15, -0.1) is 0 Å². The molecule has 1 fully saturated rings. The predicted octanol–water partition coefficient (Wildman–Crippen LogP) is 4.44. The van der Waals surface area contributed by atoms with E-state index in [9.17, 15) is 23.5 Å². The fourth-order valence-electron chi connectivity index (χ4n) is 4.31. The number of nitriles is 1. The van der Waals surface area contributed by atoms with Crippen molar-refractivity contribution in [1.29, 1.82) is 5.26 Å². The van der Waals surface area contributed by atoms with E-state index in [-0.39, 0.29) is 40.4 Å². The number of hydrogen-bond donors (Lipinski definition) is 3. The van der Waals surface area contributed by atoms with Gasteiger partial charge in [0.05, 0.1) is 35.2 Å². The van der Waals surface area contributed by atoms with Crippen molar-refractivity contribution in [3.05, 3.63) is 59.7 Å². The second kappa shape index (κ2) is 9.67. The highest BCUT2D eigenvalue weighted by atomic mass is 19.4. The molecule has 0 spiro atoms. The summed E-state index contributed by atoms with van der Waals surface area (Å²) < 4.78 is 39.8. The summed E-state index contributed by atoms with van der Waals surface area (Å²) in [6.45, 7) is 3.40. The molecule has 0 aromatic carbocycles. The Balaban J connectivity index is 1.40. The summed E-state index contributed by atoms with van der Waals surface area (Å²) in [4.78, 5) is 22.1. The maximum absolute atomic E-state index is 13.3. The molecule has 1 atom stereocenters. The minimum absolute atomic E-state index is 0.120. The van der Waals surface area contributed by atoms with Gasteiger partial charge >= 0.3 is 6.18 Å². The van der Waals surface area contributed by atoms with Crippen LogP contribution in [0.1, 0.15) is 42.5 Å². The van der Waals surface area contributed by atoms with Crippen LogP contribution in [-0.4, -0.2) is 49.2 Å². The lowest BCUT2D eigenvalue weighted by atomic mass is 10.1. The number of piperidine rings is 1. The van der Waals surface area contributed by atoms with Crippen LogP contribution in [0.25, 0.3) is 22.3 Å². The van der Waals surface area contributed by atoms with Crippen LogP contribution in [0.5, 0.6) is 0 Å². The smallest absolute Gasteiger partial charge is 0.393 e. The molecule has 0 saturated carbocycles. The summed E-state index contributed by atoms with van der Waals surface area (Å²) in [5.74, 6) is 1.05. The van der Waals surface area contributed by atoms with E-state index >= 15 is 0 Å². The fraction of sp³-hybridized carbons (Fsp3) is 0.320. The molecule has 0 radical (unpaired) electrons. The lowest BCUT2D eigenvalue weighted by molar-refractivity contribution is -0.137. The zero-order valence-corrected chi connectivity index (χ0v) is 19.8. The average Bonchev–Trinajstić information content (AvgIpc) is 3.32. The Hall–Kier alpha value is -4.24. The normalized spacial score (nSPS) is 15.5. The minimum Gasteiger partial charge on any atom is -0.393 e. The number of nitrogens with zero attached hydrogens (tertiary/aromatic N) is 6. The van der Waals surface area contributed by atoms with Crippen LogP contribution in [0.4, 0.5) is 24.9 Å². The maximum Gasteiger partial charge on any atom is 0.417 e. The fourth-order valence-corrected chi connectivity index (χ4v) is 4.31. The molecule has 9 nitrogen and oxygen atoms in total. The standard InChI is InChI=1S/C25H23F3N8O/c1-14(15-2-3-21(30-10-15)36-6-4-18(37)5-7-36)34-24-33-11-16(9-29)22(35-24)20-13-32-23-19(20)8-17(12-31-23)25(26,27)28/h2-3,8,10-14,18,37H,4-7H2,1H3,(H,31,32)(H,33,34,35). The summed E-state index contributed by atoms with van der Waals surface area (Å²) in [6.07, 6.45) is 1.95. The molecule has 190 valence electrons. The molecule has 1 unspecified atom stereocenters. The Morgan fingerprint density at radius 3 is 2.62 bits per heavy atom. The van der Waals surface area contributed by atoms with Crippen LogP contribution in [0.15, 0.2) is 43.0 Å². The molecule has 0 bridgehead atoms. The number of halogens is 3. The molecular weight excluding hydrogens is 485 g/mol. The number of pyridine rings is 2. The summed E-state index contributed by atoms with van der Waals surface area (Å²) >= 11 is 0. The van der Waals surface area contributed by atoms with E-state index in [1.807, 2.05) is 25.1 Å². The Labute approximate surface area is 210 Å². The summed E-state index contributed by atoms with van der Waals surface area (Å²) in [7, 11) is 0. The van der Waals surface area contributed by atoms with Crippen LogP contribution in [0.2, 0.25) is 0 Å². The maximum atomic E-state index is 13.3. The van der Waals surface area contributed by atoms with Crippen LogP contribution < -0.4 is 10.2 Å². The summed E-state index contributed by atoms with van der Waals surface area (Å²) in [6, 6.07) is 6.62. The van der Waals surface area contributed by atoms with Crippen LogP contribution in [0, 0.1) is 11.3 Å². The van der Waals surface area contributed by atoms with Crippen molar-refractivity contribution in [3.63, 3.8) is 0 Å². The van der Waals surface area contributed by atoms with E-state index < -0.39 is 11.7 Å². The van der Waals surface area contributed by atoms with Gasteiger partial charge in [-0.1, -0.05) is 6.07 Å². The Kier molecular flexibility index (Phi) is 6.39. The first-order valence-corrected chi connectivity index (χ1v) is 11.7. The monoisotopic (exact) mass is 508 g/mol. The van der Waals surface area contributed by atoms with E-state index in [0.29, 0.717) is 18.4 Å². The quantitative estimate of drug-likeness (QED) is 0.361. The first-order valence-electron chi connectivity index (χ1n) is 11.7. The number of aromatic amines is 1. The van der Waals surface area contributed by atoms with E-state index in [1.165, 1.54) is 12.4 Å². The van der Waals surface area contributed by atoms with Crippen LogP contribution >= 0.6 is 0 Å². The topological polar surface area (TPSA) is 127 Å². The number of anilines is 2. The molecule has 4 aromatic rings. The zero-order chi connectivity index (χ0) is 26.2. The molecule has 5 heterocycles. The number of alkyl halides is 3. The van der Waals surface area contributed by atoms with Gasteiger partial charge in [-0.25, -0.2) is 19.9 Å². The zero-order valence-electron chi connectivity index (χ0n) is 19.8. The van der Waals surface area contributed by atoms with Gasteiger partial charge in [-0.2, -0.15) is 18.4 Å². The van der Waals surface area contributed by atoms with Gasteiger partial charge in [0.1, 0.15) is 17.5 Å². The van der Waals surface area contributed by atoms with Gasteiger partial charge in [-0.3, -0.25) is 0 Å². The van der Waals surface area contributed by atoms with Crippen molar-refractivity contribution >= 4 is 22.8 Å². The number of aliphatic hydroxyl groups excluding tert-OH is 1. The molecule has 4 aromatic heterocycles. The van der Waals surface area contributed by atoms with Crippen molar-refractivity contribution in [2.45, 2.75) is 38.1 Å². The minimum atomic E-state index is -4.56. The van der Waals surface area contributed by atoms with E-state index in [2.05, 4.69) is 35.1 Å². The van der Waals surface area contributed by atoms with Crippen molar-refractivity contribution in [2.75, 3.05) is 23.3 Å². The van der Waals surface area contributed by atoms with Crippen molar-refractivity contribution < 1.29 is 18.3 Å². The SMILES string of the molecule is CC(Nc1ncc(C#N)c(-c2c[nH]c3ncc(C(F)(F)F)cc23)n1)c1ccc(N2CCC(O)CC2)nc1. The number of H-pyrrole nitrogens is 1. The Morgan fingerprint density at radius 2 is 1.95 bits per heavy atom. The predicted molar refractivity (Wildman–Crippen MR) is 131 cm³/mol. The third kappa shape index (κ3) is 5.03. The molecule has 37 heavy (non-hydrogen) atoms. The number of fused-ring (bicyclic) bond motifs is 1. The number of rotatable bonds is 5. The van der Waals surface area contributed by atoms with Crippen molar-refractivity contribution in [3.8, 4) is 17.3 Å². The average molecular weight is 509 g/mol. The molecule has 0 amide bonds. The van der Waals surface area contributed by atoms with Gasteiger partial charge in [0, 0.05) is 42.6 Å². The van der Waals surface area contributed by atoms with Crippen molar-refractivity contribution in [1.82, 2.24) is 24.9 Å². The van der Waals surface area contributed by atoms with Crippen LogP contribution in [0.3, 0.4) is 0 Å². The molecule has 12 heteroatoms. The molecule has 5 rings (SSSR count). The highest BCUT2D eigenvalue weighted by Gasteiger charge is 2.32. The van der Waals surface area contributed by atoms with Gasteiger partial charge in [0.15, 0.2) is 0 Å². The van der Waals surface area contributed by atoms with E-state index in [0.717, 1.165) is 36.7 Å². The molecule has 3 N–H and O–H groups in total. The number of hydrogen-bond acceptors (Lipinski definition) is 8. The number of nitrogens with one attached hydrogen (secondary N) is 2. The number of aliphatic hydroxyl groups is 1. The lowest BCUT2D eigenvalue weighted by Gasteiger charge is -2.30. The van der Waals surface area contributed by atoms with Gasteiger partial charge in [-0.05, 0) is 37.5 Å². The first-order chi connectivity index (χ1) is 17.7. The second-order valence-corrected chi connectivity index (χ2v) is 8.92. The van der Waals surface area contributed by atoms with Gasteiger partial charge < -0.3 is 20.3 Å². The van der Waals surface area contributed by atoms with Gasteiger partial charge in [0.25, 0.3) is 0 Å². The van der Waals surface area contributed by atoms with Gasteiger partial charge in [0.2, 0.25) is 5.95 Å². The molecular formula is C25H23F3N8O. The van der Waals surface area contributed by atoms with E-state index in [1.54, 1.807) is 6.20 Å². The molecule has 1 saturated heterocycles. The highest BCUT2D eigenvalue weighted by molar-refractivity contribution is 5.94. The molecule has 1 aliphatic rings. The van der Waals surface area contributed by atoms with Crippen LogP contribution in [-0.2, 0) is 6.18 Å². The first kappa shape index (κ1) is 24.5. The molecule has 1 aliphatic heterocycles. The third-order valence-corrected chi connectivity index (χ3v) is 6.43. The summed E-state index contributed by atoms with van der Waals surface area (Å²) in [5.41, 5.74) is 0.872. The highest BCUT2D eigenvalue weighted by Crippen LogP contribution is 2.35. The Bertz CT molecular complexity index is 1450. The van der Waals surface area contributed by atoms with Crippen molar-refractivity contribution in [2.24, 2.45) is 0 Å². The molecule has 0 aliphatic carbocycles. The van der Waals surface area contributed by atoms with E-state index in [4.69, 9.17) is 0 Å². The number of aromatic nitrogens is 5. The Morgan fingerprint density at radius 1 is 1.16 bits per heavy atom. The summed E-state index contributed by atoms with van der Waals surface area (Å²) in [5, 5.41) is 22.7. The largest absolute Gasteiger partial charge is 0.417 e. The second-order valence-electron chi connectivity index (χ2n) is 8.92. The lowest BCUT2D eigenvalue weighted by Crippen LogP contribution is -2.36. The third-order valence-electron chi connectivity index (χ3n) is 6.43.